The number of alkyl carbamates (subject to hydrolysis) is 1. The van der Waals surface area contributed by atoms with Crippen LogP contribution >= 0.6 is 0 Å². The third-order valence-corrected chi connectivity index (χ3v) is 3.58. The number of aromatic hydroxyl groups is 2. The fraction of sp³-hybridized carbons (Fsp3) is 0.176. The Morgan fingerprint density at radius 2 is 1.92 bits per heavy atom. The summed E-state index contributed by atoms with van der Waals surface area (Å²) in [6.07, 6.45) is -0.616. The third-order valence-electron chi connectivity index (χ3n) is 3.58. The number of benzene rings is 2. The van der Waals surface area contributed by atoms with Gasteiger partial charge in [-0.3, -0.25) is 0 Å². The summed E-state index contributed by atoms with van der Waals surface area (Å²) in [6, 6.07) is 10.7. The number of hydrogen-bond acceptors (Lipinski definition) is 6. The zero-order chi connectivity index (χ0) is 17.1. The summed E-state index contributed by atoms with van der Waals surface area (Å²) in [5.41, 5.74) is 1.32. The lowest BCUT2D eigenvalue weighted by molar-refractivity contribution is -0.137. The van der Waals surface area contributed by atoms with Crippen LogP contribution in [-0.2, 0) is 22.6 Å². The van der Waals surface area contributed by atoms with Gasteiger partial charge in [-0.15, -0.1) is 0 Å². The van der Waals surface area contributed by atoms with Gasteiger partial charge in [-0.1, -0.05) is 30.3 Å². The fourth-order valence-corrected chi connectivity index (χ4v) is 2.36. The van der Waals surface area contributed by atoms with E-state index < -0.39 is 18.1 Å². The average Bonchev–Trinajstić information content (AvgIpc) is 2.57. The molecule has 7 nitrogen and oxygen atoms in total. The molecule has 1 aliphatic rings. The first-order valence-electron chi connectivity index (χ1n) is 7.26. The molecule has 0 radical (unpaired) electrons. The summed E-state index contributed by atoms with van der Waals surface area (Å²) in [5.74, 6) is -1.21. The van der Waals surface area contributed by atoms with Crippen LogP contribution < -0.4 is 10.1 Å². The average molecular weight is 329 g/mol. The van der Waals surface area contributed by atoms with Crippen molar-refractivity contribution in [2.45, 2.75) is 19.1 Å². The van der Waals surface area contributed by atoms with Gasteiger partial charge in [0.1, 0.15) is 18.4 Å². The second-order valence-electron chi connectivity index (χ2n) is 5.33. The van der Waals surface area contributed by atoms with Crippen molar-refractivity contribution in [1.29, 1.82) is 0 Å². The van der Waals surface area contributed by atoms with Crippen LogP contribution in [-0.4, -0.2) is 28.3 Å². The number of phenolic OH excluding ortho intramolecular Hbond substituents is 2. The molecule has 1 heterocycles. The maximum atomic E-state index is 11.9. The molecule has 1 atom stereocenters. The van der Waals surface area contributed by atoms with E-state index in [-0.39, 0.29) is 30.3 Å². The fourth-order valence-electron chi connectivity index (χ4n) is 2.36. The summed E-state index contributed by atoms with van der Waals surface area (Å²) >= 11 is 0. The van der Waals surface area contributed by atoms with Gasteiger partial charge in [0.05, 0.1) is 0 Å². The molecule has 0 aliphatic carbocycles. The molecule has 2 aromatic rings. The molecule has 0 spiro atoms. The van der Waals surface area contributed by atoms with Gasteiger partial charge in [0.15, 0.2) is 11.5 Å². The highest BCUT2D eigenvalue weighted by Gasteiger charge is 2.31. The second kappa shape index (κ2) is 6.49. The van der Waals surface area contributed by atoms with E-state index in [4.69, 9.17) is 9.47 Å². The lowest BCUT2D eigenvalue weighted by Crippen LogP contribution is -2.46. The smallest absolute Gasteiger partial charge is 0.408 e. The number of esters is 1. The zero-order valence-corrected chi connectivity index (χ0v) is 12.6. The monoisotopic (exact) mass is 329 g/mol. The Labute approximate surface area is 137 Å². The Kier molecular flexibility index (Phi) is 4.24. The number of phenols is 2. The van der Waals surface area contributed by atoms with E-state index in [1.54, 1.807) is 0 Å². The van der Waals surface area contributed by atoms with Gasteiger partial charge in [-0.25, -0.2) is 9.59 Å². The standard InChI is InChI=1S/C17H15NO6/c19-13-7-11-6-12(16(21)24-15(11)8-14(13)20)18-17(22)23-9-10-4-2-1-3-5-10/h1-5,7-8,12,19-20H,6,9H2,(H,18,22). The molecule has 0 aromatic heterocycles. The first-order valence-corrected chi connectivity index (χ1v) is 7.26. The molecular formula is C17H15NO6. The van der Waals surface area contributed by atoms with Crippen LogP contribution in [0.2, 0.25) is 0 Å². The summed E-state index contributed by atoms with van der Waals surface area (Å²) in [7, 11) is 0. The van der Waals surface area contributed by atoms with Crippen molar-refractivity contribution < 1.29 is 29.3 Å². The van der Waals surface area contributed by atoms with Crippen molar-refractivity contribution in [3.05, 3.63) is 53.6 Å². The van der Waals surface area contributed by atoms with Gasteiger partial charge in [-0.2, -0.15) is 0 Å². The van der Waals surface area contributed by atoms with E-state index >= 15 is 0 Å². The van der Waals surface area contributed by atoms with Crippen LogP contribution in [0, 0.1) is 0 Å². The quantitative estimate of drug-likeness (QED) is 0.451. The predicted octanol–water partition coefficient (Wildman–Crippen LogP) is 1.85. The van der Waals surface area contributed by atoms with Crippen LogP contribution in [0.3, 0.4) is 0 Å². The first kappa shape index (κ1) is 15.7. The van der Waals surface area contributed by atoms with E-state index in [0.717, 1.165) is 11.6 Å². The number of fused-ring (bicyclic) bond motifs is 1. The minimum atomic E-state index is -0.926. The second-order valence-corrected chi connectivity index (χ2v) is 5.33. The molecule has 3 N–H and O–H groups in total. The number of rotatable bonds is 3. The third kappa shape index (κ3) is 3.40. The molecule has 1 unspecified atom stereocenters. The summed E-state index contributed by atoms with van der Waals surface area (Å²) in [4.78, 5) is 23.8. The van der Waals surface area contributed by atoms with Gasteiger partial charge in [0.25, 0.3) is 0 Å². The zero-order valence-electron chi connectivity index (χ0n) is 12.6. The lowest BCUT2D eigenvalue weighted by Gasteiger charge is -2.24. The predicted molar refractivity (Wildman–Crippen MR) is 82.7 cm³/mol. The molecule has 3 rings (SSSR count). The highest BCUT2D eigenvalue weighted by molar-refractivity contribution is 5.85. The van der Waals surface area contributed by atoms with E-state index in [2.05, 4.69) is 5.32 Å². The summed E-state index contributed by atoms with van der Waals surface area (Å²) < 4.78 is 10.1. The molecule has 24 heavy (non-hydrogen) atoms. The molecular weight excluding hydrogens is 314 g/mol. The highest BCUT2D eigenvalue weighted by Crippen LogP contribution is 2.35. The van der Waals surface area contributed by atoms with Gasteiger partial charge in [0.2, 0.25) is 0 Å². The van der Waals surface area contributed by atoms with Crippen LogP contribution in [0.1, 0.15) is 11.1 Å². The Bertz CT molecular complexity index is 774. The van der Waals surface area contributed by atoms with Crippen LogP contribution in [0.25, 0.3) is 0 Å². The Morgan fingerprint density at radius 1 is 1.21 bits per heavy atom. The minimum Gasteiger partial charge on any atom is -0.504 e. The van der Waals surface area contributed by atoms with E-state index in [9.17, 15) is 19.8 Å². The maximum absolute atomic E-state index is 11.9. The minimum absolute atomic E-state index is 0.0830. The van der Waals surface area contributed by atoms with Crippen molar-refractivity contribution in [3.8, 4) is 17.2 Å². The van der Waals surface area contributed by atoms with E-state index in [1.807, 2.05) is 30.3 Å². The Morgan fingerprint density at radius 3 is 2.67 bits per heavy atom. The first-order chi connectivity index (χ1) is 11.5. The molecule has 1 aliphatic heterocycles. The molecule has 124 valence electrons. The largest absolute Gasteiger partial charge is 0.504 e. The maximum Gasteiger partial charge on any atom is 0.408 e. The molecule has 0 bridgehead atoms. The Balaban J connectivity index is 1.62. The molecule has 7 heteroatoms. The van der Waals surface area contributed by atoms with Crippen LogP contribution in [0.15, 0.2) is 42.5 Å². The number of hydrogen-bond donors (Lipinski definition) is 3. The number of carbonyl (C=O) groups excluding carboxylic acids is 2. The van der Waals surface area contributed by atoms with Crippen LogP contribution in [0.5, 0.6) is 17.2 Å². The molecule has 0 fully saturated rings. The number of ether oxygens (including phenoxy) is 2. The van der Waals surface area contributed by atoms with Crippen molar-refractivity contribution in [3.63, 3.8) is 0 Å². The number of carbonyl (C=O) groups is 2. The normalized spacial score (nSPS) is 16.0. The lowest BCUT2D eigenvalue weighted by atomic mass is 10.0. The van der Waals surface area contributed by atoms with Gasteiger partial charge >= 0.3 is 12.1 Å². The van der Waals surface area contributed by atoms with E-state index in [0.29, 0.717) is 5.56 Å². The summed E-state index contributed by atoms with van der Waals surface area (Å²) in [6.45, 7) is 0.0830. The molecule has 2 aromatic carbocycles. The van der Waals surface area contributed by atoms with Crippen LogP contribution in [0.4, 0.5) is 4.79 Å². The van der Waals surface area contributed by atoms with Crippen molar-refractivity contribution in [1.82, 2.24) is 5.32 Å². The van der Waals surface area contributed by atoms with Crippen molar-refractivity contribution in [2.75, 3.05) is 0 Å². The van der Waals surface area contributed by atoms with Gasteiger partial charge < -0.3 is 25.0 Å². The van der Waals surface area contributed by atoms with Crippen molar-refractivity contribution >= 4 is 12.1 Å². The SMILES string of the molecule is O=C(NC1Cc2cc(O)c(O)cc2OC1=O)OCc1ccccc1. The van der Waals surface area contributed by atoms with E-state index in [1.165, 1.54) is 6.07 Å². The number of nitrogens with one attached hydrogen (secondary N) is 1. The van der Waals surface area contributed by atoms with Gasteiger partial charge in [0, 0.05) is 18.1 Å². The molecule has 1 amide bonds. The summed E-state index contributed by atoms with van der Waals surface area (Å²) in [5, 5.41) is 21.4. The molecule has 0 saturated heterocycles. The Hall–Kier alpha value is -3.22. The number of amides is 1. The topological polar surface area (TPSA) is 105 Å². The highest BCUT2D eigenvalue weighted by atomic mass is 16.6. The van der Waals surface area contributed by atoms with Crippen molar-refractivity contribution in [2.24, 2.45) is 0 Å². The van der Waals surface area contributed by atoms with Gasteiger partial charge in [-0.05, 0) is 11.6 Å². The molecule has 0 saturated carbocycles.